The van der Waals surface area contributed by atoms with Crippen molar-refractivity contribution in [3.8, 4) is 0 Å². The van der Waals surface area contributed by atoms with Gasteiger partial charge in [0, 0.05) is 12.6 Å². The number of carbonyl (C=O) groups excluding carboxylic acids is 2. The maximum Gasteiger partial charge on any atom is 0.294 e. The van der Waals surface area contributed by atoms with E-state index in [1.807, 2.05) is 32.0 Å². The zero-order chi connectivity index (χ0) is 25.1. The Morgan fingerprint density at radius 3 is 2.43 bits per heavy atom. The van der Waals surface area contributed by atoms with Gasteiger partial charge in [-0.3, -0.25) is 23.9 Å². The van der Waals surface area contributed by atoms with Crippen LogP contribution in [0.4, 0.5) is 15.9 Å². The second-order valence-corrected chi connectivity index (χ2v) is 8.41. The predicted octanol–water partition coefficient (Wildman–Crippen LogP) is 4.34. The molecule has 8 heteroatoms. The van der Waals surface area contributed by atoms with Gasteiger partial charge < -0.3 is 5.32 Å². The summed E-state index contributed by atoms with van der Waals surface area (Å²) >= 11 is 0. The Balaban J connectivity index is 1.73. The van der Waals surface area contributed by atoms with Crippen LogP contribution < -0.4 is 15.8 Å². The number of rotatable bonds is 6. The first-order valence-corrected chi connectivity index (χ1v) is 11.1. The summed E-state index contributed by atoms with van der Waals surface area (Å²) in [5.41, 5.74) is 3.65. The first kappa shape index (κ1) is 23.8. The minimum atomic E-state index is -0.572. The summed E-state index contributed by atoms with van der Waals surface area (Å²) in [7, 11) is 0. The molecule has 3 aromatic carbocycles. The van der Waals surface area contributed by atoms with Crippen LogP contribution in [0.15, 0.2) is 71.5 Å². The Morgan fingerprint density at radius 1 is 1.03 bits per heavy atom. The molecule has 0 fully saturated rings. The fourth-order valence-corrected chi connectivity index (χ4v) is 3.91. The average molecular weight is 473 g/mol. The SMILES string of the molecule is CC(=O)N(Cc1ccc(F)cc1)c1nc2ccccc2n(CC(=O)Nc2ccc(C)cc2C)c1=O. The number of halogens is 1. The summed E-state index contributed by atoms with van der Waals surface area (Å²) in [6, 6.07) is 18.3. The van der Waals surface area contributed by atoms with Gasteiger partial charge in [-0.1, -0.05) is 42.0 Å². The van der Waals surface area contributed by atoms with Gasteiger partial charge >= 0.3 is 0 Å². The summed E-state index contributed by atoms with van der Waals surface area (Å²) in [4.78, 5) is 44.7. The number of nitrogens with zero attached hydrogens (tertiary/aromatic N) is 3. The Labute approximate surface area is 201 Å². The standard InChI is InChI=1S/C27H25FN4O3/c1-17-8-13-22(18(2)14-17)29-25(34)16-32-24-7-5-4-6-23(24)30-26(27(32)35)31(19(3)33)15-20-9-11-21(28)12-10-20/h4-14H,15-16H2,1-3H3,(H,29,34). The number of carbonyl (C=O) groups is 2. The Hall–Kier alpha value is -4.33. The number of aryl methyl sites for hydroxylation is 2. The van der Waals surface area contributed by atoms with Crippen LogP contribution in [0.3, 0.4) is 0 Å². The van der Waals surface area contributed by atoms with E-state index in [-0.39, 0.29) is 24.8 Å². The highest BCUT2D eigenvalue weighted by Crippen LogP contribution is 2.19. The molecule has 1 heterocycles. The van der Waals surface area contributed by atoms with Gasteiger partial charge in [0.2, 0.25) is 17.6 Å². The molecule has 0 radical (unpaired) electrons. The summed E-state index contributed by atoms with van der Waals surface area (Å²) in [5, 5.41) is 2.86. The number of fused-ring (bicyclic) bond motifs is 1. The van der Waals surface area contributed by atoms with E-state index in [4.69, 9.17) is 0 Å². The van der Waals surface area contributed by atoms with Crippen LogP contribution in [0, 0.1) is 19.7 Å². The lowest BCUT2D eigenvalue weighted by Crippen LogP contribution is -2.38. The van der Waals surface area contributed by atoms with E-state index in [1.54, 1.807) is 36.4 Å². The molecule has 0 saturated heterocycles. The predicted molar refractivity (Wildman–Crippen MR) is 134 cm³/mol. The molecule has 2 amide bonds. The molecule has 0 spiro atoms. The van der Waals surface area contributed by atoms with Crippen molar-refractivity contribution in [3.63, 3.8) is 0 Å². The van der Waals surface area contributed by atoms with Crippen molar-refractivity contribution in [2.24, 2.45) is 0 Å². The molecule has 0 aliphatic carbocycles. The normalized spacial score (nSPS) is 10.9. The van der Waals surface area contributed by atoms with E-state index < -0.39 is 17.3 Å². The molecule has 1 aromatic heterocycles. The molecule has 0 aliphatic rings. The van der Waals surface area contributed by atoms with Gasteiger partial charge in [0.15, 0.2) is 0 Å². The monoisotopic (exact) mass is 472 g/mol. The van der Waals surface area contributed by atoms with Crippen molar-refractivity contribution in [1.29, 1.82) is 0 Å². The number of nitrogens with one attached hydrogen (secondary N) is 1. The molecule has 4 aromatic rings. The smallest absolute Gasteiger partial charge is 0.294 e. The number of hydrogen-bond donors (Lipinski definition) is 1. The highest BCUT2D eigenvalue weighted by molar-refractivity contribution is 5.93. The van der Waals surface area contributed by atoms with Crippen LogP contribution >= 0.6 is 0 Å². The third-order valence-electron chi connectivity index (χ3n) is 5.68. The maximum absolute atomic E-state index is 13.5. The molecule has 0 aliphatic heterocycles. The molecule has 35 heavy (non-hydrogen) atoms. The molecule has 0 atom stereocenters. The average Bonchev–Trinajstić information content (AvgIpc) is 2.82. The van der Waals surface area contributed by atoms with Crippen molar-refractivity contribution < 1.29 is 14.0 Å². The van der Waals surface area contributed by atoms with Crippen LogP contribution in [-0.2, 0) is 22.7 Å². The van der Waals surface area contributed by atoms with E-state index >= 15 is 0 Å². The Morgan fingerprint density at radius 2 is 1.74 bits per heavy atom. The molecule has 178 valence electrons. The number of anilines is 2. The van der Waals surface area contributed by atoms with E-state index in [1.165, 1.54) is 28.5 Å². The fraction of sp³-hybridized carbons (Fsp3) is 0.185. The Kier molecular flexibility index (Phi) is 6.73. The van der Waals surface area contributed by atoms with Gasteiger partial charge in [0.25, 0.3) is 5.56 Å². The summed E-state index contributed by atoms with van der Waals surface area (Å²) < 4.78 is 14.7. The van der Waals surface area contributed by atoms with E-state index in [2.05, 4.69) is 10.3 Å². The van der Waals surface area contributed by atoms with Gasteiger partial charge in [-0.15, -0.1) is 0 Å². The maximum atomic E-state index is 13.5. The van der Waals surface area contributed by atoms with E-state index in [0.717, 1.165) is 11.1 Å². The minimum Gasteiger partial charge on any atom is -0.324 e. The third-order valence-corrected chi connectivity index (χ3v) is 5.68. The van der Waals surface area contributed by atoms with Gasteiger partial charge in [0.1, 0.15) is 12.4 Å². The van der Waals surface area contributed by atoms with Crippen LogP contribution in [0.1, 0.15) is 23.6 Å². The number of hydrogen-bond acceptors (Lipinski definition) is 4. The second kappa shape index (κ2) is 9.89. The fourth-order valence-electron chi connectivity index (χ4n) is 3.91. The van der Waals surface area contributed by atoms with E-state index in [0.29, 0.717) is 22.3 Å². The second-order valence-electron chi connectivity index (χ2n) is 8.41. The van der Waals surface area contributed by atoms with Gasteiger partial charge in [-0.05, 0) is 55.3 Å². The molecule has 0 unspecified atom stereocenters. The van der Waals surface area contributed by atoms with Crippen molar-refractivity contribution >= 4 is 34.4 Å². The number of aromatic nitrogens is 2. The van der Waals surface area contributed by atoms with Gasteiger partial charge in [-0.25, -0.2) is 9.37 Å². The zero-order valence-electron chi connectivity index (χ0n) is 19.7. The minimum absolute atomic E-state index is 0.0327. The molecule has 1 N–H and O–H groups in total. The lowest BCUT2D eigenvalue weighted by Gasteiger charge is -2.21. The lowest BCUT2D eigenvalue weighted by atomic mass is 10.1. The zero-order valence-corrected chi connectivity index (χ0v) is 19.7. The summed E-state index contributed by atoms with van der Waals surface area (Å²) in [5.74, 6) is -1.28. The molecule has 0 saturated carbocycles. The molecule has 0 bridgehead atoms. The first-order valence-electron chi connectivity index (χ1n) is 11.1. The van der Waals surface area contributed by atoms with Crippen LogP contribution in [-0.4, -0.2) is 21.4 Å². The Bertz CT molecular complexity index is 1480. The topological polar surface area (TPSA) is 84.3 Å². The van der Waals surface area contributed by atoms with Crippen molar-refractivity contribution in [2.75, 3.05) is 10.2 Å². The number of amides is 2. The lowest BCUT2D eigenvalue weighted by molar-refractivity contribution is -0.117. The van der Waals surface area contributed by atoms with Crippen molar-refractivity contribution in [2.45, 2.75) is 33.9 Å². The summed E-state index contributed by atoms with van der Waals surface area (Å²) in [6.45, 7) is 4.97. The van der Waals surface area contributed by atoms with Crippen molar-refractivity contribution in [3.05, 3.63) is 99.6 Å². The third kappa shape index (κ3) is 5.27. The molecular formula is C27H25FN4O3. The van der Waals surface area contributed by atoms with Crippen LogP contribution in [0.2, 0.25) is 0 Å². The number of benzene rings is 3. The summed E-state index contributed by atoms with van der Waals surface area (Å²) in [6.07, 6.45) is 0. The highest BCUT2D eigenvalue weighted by Gasteiger charge is 2.22. The largest absolute Gasteiger partial charge is 0.324 e. The van der Waals surface area contributed by atoms with Crippen LogP contribution in [0.25, 0.3) is 11.0 Å². The molecule has 4 rings (SSSR count). The molecule has 7 nitrogen and oxygen atoms in total. The van der Waals surface area contributed by atoms with Crippen LogP contribution in [0.5, 0.6) is 0 Å². The van der Waals surface area contributed by atoms with Gasteiger partial charge in [-0.2, -0.15) is 0 Å². The highest BCUT2D eigenvalue weighted by atomic mass is 19.1. The van der Waals surface area contributed by atoms with E-state index in [9.17, 15) is 18.8 Å². The van der Waals surface area contributed by atoms with Crippen molar-refractivity contribution in [1.82, 2.24) is 9.55 Å². The van der Waals surface area contributed by atoms with Gasteiger partial charge in [0.05, 0.1) is 17.6 Å². The quantitative estimate of drug-likeness (QED) is 0.452. The molecular weight excluding hydrogens is 447 g/mol. The first-order chi connectivity index (χ1) is 16.7. The number of para-hydroxylation sites is 2.